The molecule has 6 nitrogen and oxygen atoms in total. The van der Waals surface area contributed by atoms with E-state index < -0.39 is 11.9 Å². The molecule has 0 radical (unpaired) electrons. The maximum absolute atomic E-state index is 11.1. The first-order valence-corrected chi connectivity index (χ1v) is 5.08. The molecule has 92 valence electrons. The van der Waals surface area contributed by atoms with Gasteiger partial charge >= 0.3 is 6.03 Å². The van der Waals surface area contributed by atoms with Crippen LogP contribution in [0.1, 0.15) is 5.56 Å². The second-order valence-corrected chi connectivity index (χ2v) is 3.34. The molecule has 0 aliphatic heterocycles. The number of para-hydroxylation sites is 1. The van der Waals surface area contributed by atoms with E-state index in [2.05, 4.69) is 5.32 Å². The second kappa shape index (κ2) is 6.49. The molecular weight excluding hydrogens is 222 g/mol. The van der Waals surface area contributed by atoms with Crippen molar-refractivity contribution in [1.29, 1.82) is 0 Å². The first-order chi connectivity index (χ1) is 8.13. The highest BCUT2D eigenvalue weighted by molar-refractivity contribution is 5.94. The van der Waals surface area contributed by atoms with Crippen molar-refractivity contribution in [1.82, 2.24) is 10.6 Å². The fraction of sp³-hybridized carbons (Fsp3) is 0.273. The first-order valence-electron chi connectivity index (χ1n) is 5.08. The molecule has 0 bridgehead atoms. The zero-order valence-corrected chi connectivity index (χ0v) is 9.53. The van der Waals surface area contributed by atoms with Crippen LogP contribution in [-0.2, 0) is 11.3 Å². The lowest BCUT2D eigenvalue weighted by molar-refractivity contribution is -0.121. The van der Waals surface area contributed by atoms with Crippen molar-refractivity contribution < 1.29 is 14.3 Å². The van der Waals surface area contributed by atoms with Crippen LogP contribution in [0.25, 0.3) is 0 Å². The van der Waals surface area contributed by atoms with Gasteiger partial charge in [0.25, 0.3) is 5.91 Å². The summed E-state index contributed by atoms with van der Waals surface area (Å²) in [6, 6.07) is 6.44. The summed E-state index contributed by atoms with van der Waals surface area (Å²) in [5, 5.41) is 4.91. The van der Waals surface area contributed by atoms with Crippen LogP contribution in [0.5, 0.6) is 5.75 Å². The van der Waals surface area contributed by atoms with Gasteiger partial charge in [-0.2, -0.15) is 0 Å². The van der Waals surface area contributed by atoms with Crippen LogP contribution in [0, 0.1) is 0 Å². The predicted molar refractivity (Wildman–Crippen MR) is 62.4 cm³/mol. The molecule has 0 saturated carbocycles. The van der Waals surface area contributed by atoms with Gasteiger partial charge in [0.05, 0.1) is 0 Å². The molecule has 0 saturated heterocycles. The van der Waals surface area contributed by atoms with E-state index in [0.29, 0.717) is 12.3 Å². The number of carbonyl (C=O) groups is 2. The third-order valence-corrected chi connectivity index (χ3v) is 1.96. The van der Waals surface area contributed by atoms with Gasteiger partial charge in [-0.05, 0) is 13.1 Å². The minimum atomic E-state index is -0.887. The summed E-state index contributed by atoms with van der Waals surface area (Å²) >= 11 is 0. The summed E-state index contributed by atoms with van der Waals surface area (Å²) in [6.45, 7) is 0.386. The van der Waals surface area contributed by atoms with Crippen molar-refractivity contribution in [3.05, 3.63) is 29.8 Å². The summed E-state index contributed by atoms with van der Waals surface area (Å²) < 4.78 is 5.29. The van der Waals surface area contributed by atoms with Crippen molar-refractivity contribution in [2.24, 2.45) is 5.73 Å². The third-order valence-electron chi connectivity index (χ3n) is 1.96. The Morgan fingerprint density at radius 1 is 1.35 bits per heavy atom. The number of hydrogen-bond donors (Lipinski definition) is 3. The van der Waals surface area contributed by atoms with E-state index in [1.165, 1.54) is 0 Å². The molecule has 0 aromatic heterocycles. The first kappa shape index (κ1) is 13.0. The molecule has 0 unspecified atom stereocenters. The van der Waals surface area contributed by atoms with Crippen molar-refractivity contribution in [2.75, 3.05) is 13.7 Å². The van der Waals surface area contributed by atoms with E-state index >= 15 is 0 Å². The van der Waals surface area contributed by atoms with Crippen molar-refractivity contribution in [2.45, 2.75) is 6.54 Å². The summed E-state index contributed by atoms with van der Waals surface area (Å²) in [5.41, 5.74) is 5.74. The van der Waals surface area contributed by atoms with Gasteiger partial charge in [-0.15, -0.1) is 0 Å². The molecule has 0 fully saturated rings. The Bertz CT molecular complexity index is 407. The van der Waals surface area contributed by atoms with Crippen LogP contribution in [0.4, 0.5) is 4.79 Å². The summed E-state index contributed by atoms with van der Waals surface area (Å²) in [5.74, 6) is 0.0261. The average Bonchev–Trinajstić information content (AvgIpc) is 2.27. The molecule has 0 aliphatic carbocycles. The molecule has 3 amide bonds. The fourth-order valence-corrected chi connectivity index (χ4v) is 1.30. The largest absolute Gasteiger partial charge is 0.483 e. The number of amides is 3. The molecule has 4 N–H and O–H groups in total. The number of primary amides is 1. The Kier molecular flexibility index (Phi) is 4.96. The van der Waals surface area contributed by atoms with E-state index in [1.54, 1.807) is 12.1 Å². The minimum Gasteiger partial charge on any atom is -0.483 e. The zero-order valence-electron chi connectivity index (χ0n) is 9.53. The number of nitrogens with one attached hydrogen (secondary N) is 2. The molecule has 6 heteroatoms. The minimum absolute atomic E-state index is 0.246. The highest BCUT2D eigenvalue weighted by Crippen LogP contribution is 2.17. The standard InChI is InChI=1S/C11H15N3O3/c1-13-6-8-4-2-3-5-9(8)17-7-10(15)14-11(12)16/h2-5,13H,6-7H2,1H3,(H3,12,14,15,16). The number of imide groups is 1. The molecule has 1 aromatic rings. The number of hydrogen-bond acceptors (Lipinski definition) is 4. The normalized spacial score (nSPS) is 9.71. The molecule has 0 heterocycles. The monoisotopic (exact) mass is 237 g/mol. The Morgan fingerprint density at radius 2 is 2.06 bits per heavy atom. The van der Waals surface area contributed by atoms with Crippen LogP contribution < -0.4 is 21.1 Å². The van der Waals surface area contributed by atoms with Gasteiger partial charge in [0.1, 0.15) is 5.75 Å². The van der Waals surface area contributed by atoms with E-state index in [9.17, 15) is 9.59 Å². The van der Waals surface area contributed by atoms with E-state index in [0.717, 1.165) is 5.56 Å². The molecule has 17 heavy (non-hydrogen) atoms. The molecular formula is C11H15N3O3. The summed E-state index contributed by atoms with van der Waals surface area (Å²) in [6.07, 6.45) is 0. The lowest BCUT2D eigenvalue weighted by Gasteiger charge is -2.10. The average molecular weight is 237 g/mol. The van der Waals surface area contributed by atoms with Gasteiger partial charge in [0, 0.05) is 12.1 Å². The Balaban J connectivity index is 2.56. The van der Waals surface area contributed by atoms with Crippen LogP contribution in [0.2, 0.25) is 0 Å². The van der Waals surface area contributed by atoms with Crippen molar-refractivity contribution >= 4 is 11.9 Å². The lowest BCUT2D eigenvalue weighted by atomic mass is 10.2. The topological polar surface area (TPSA) is 93.4 Å². The maximum atomic E-state index is 11.1. The number of carbonyl (C=O) groups excluding carboxylic acids is 2. The van der Waals surface area contributed by atoms with Crippen LogP contribution in [-0.4, -0.2) is 25.6 Å². The van der Waals surface area contributed by atoms with Crippen molar-refractivity contribution in [3.63, 3.8) is 0 Å². The van der Waals surface area contributed by atoms with Gasteiger partial charge in [-0.1, -0.05) is 18.2 Å². The molecule has 0 spiro atoms. The number of ether oxygens (including phenoxy) is 1. The smallest absolute Gasteiger partial charge is 0.318 e. The van der Waals surface area contributed by atoms with Crippen molar-refractivity contribution in [3.8, 4) is 5.75 Å². The Labute approximate surface area is 99.1 Å². The van der Waals surface area contributed by atoms with Crippen LogP contribution in [0.15, 0.2) is 24.3 Å². The van der Waals surface area contributed by atoms with Gasteiger partial charge in [-0.3, -0.25) is 10.1 Å². The Hall–Kier alpha value is -2.08. The van der Waals surface area contributed by atoms with Crippen LogP contribution in [0.3, 0.4) is 0 Å². The number of urea groups is 1. The SMILES string of the molecule is CNCc1ccccc1OCC(=O)NC(N)=O. The highest BCUT2D eigenvalue weighted by atomic mass is 16.5. The Morgan fingerprint density at radius 3 is 2.71 bits per heavy atom. The maximum Gasteiger partial charge on any atom is 0.318 e. The van der Waals surface area contributed by atoms with Gasteiger partial charge in [0.2, 0.25) is 0 Å². The van der Waals surface area contributed by atoms with E-state index in [-0.39, 0.29) is 6.61 Å². The molecule has 0 aliphatic rings. The molecule has 0 atom stereocenters. The number of benzene rings is 1. The quantitative estimate of drug-likeness (QED) is 0.671. The number of nitrogens with two attached hydrogens (primary N) is 1. The van der Waals surface area contributed by atoms with Crippen LogP contribution >= 0.6 is 0 Å². The fourth-order valence-electron chi connectivity index (χ4n) is 1.30. The zero-order chi connectivity index (χ0) is 12.7. The lowest BCUT2D eigenvalue weighted by Crippen LogP contribution is -2.38. The highest BCUT2D eigenvalue weighted by Gasteiger charge is 2.07. The predicted octanol–water partition coefficient (Wildman–Crippen LogP) is -0.0203. The third kappa shape index (κ3) is 4.52. The van der Waals surface area contributed by atoms with E-state index in [1.807, 2.05) is 24.5 Å². The molecule has 1 rings (SSSR count). The second-order valence-electron chi connectivity index (χ2n) is 3.34. The van der Waals surface area contributed by atoms with Gasteiger partial charge in [-0.25, -0.2) is 4.79 Å². The number of rotatable bonds is 5. The van der Waals surface area contributed by atoms with Gasteiger partial charge < -0.3 is 15.8 Å². The summed E-state index contributed by atoms with van der Waals surface area (Å²) in [7, 11) is 1.82. The van der Waals surface area contributed by atoms with E-state index in [4.69, 9.17) is 10.5 Å². The molecule has 1 aromatic carbocycles. The summed E-state index contributed by atoms with van der Waals surface area (Å²) in [4.78, 5) is 21.6. The van der Waals surface area contributed by atoms with Gasteiger partial charge in [0.15, 0.2) is 6.61 Å².